The van der Waals surface area contributed by atoms with Crippen molar-refractivity contribution in [1.82, 2.24) is 0 Å². The van der Waals surface area contributed by atoms with E-state index in [1.807, 2.05) is 0 Å². The van der Waals surface area contributed by atoms with Gasteiger partial charge in [-0.3, -0.25) is 4.99 Å². The Morgan fingerprint density at radius 3 is 2.90 bits per heavy atom. The van der Waals surface area contributed by atoms with Crippen LogP contribution in [0.5, 0.6) is 0 Å². The van der Waals surface area contributed by atoms with Crippen LogP contribution < -0.4 is 0 Å². The third-order valence-electron chi connectivity index (χ3n) is 0.741. The van der Waals surface area contributed by atoms with Crippen LogP contribution in [-0.4, -0.2) is 17.9 Å². The summed E-state index contributed by atoms with van der Waals surface area (Å²) in [6.07, 6.45) is 5.60. The molecule has 0 fully saturated rings. The second-order valence-corrected chi connectivity index (χ2v) is 2.60. The minimum atomic E-state index is -0.0229. The van der Waals surface area contributed by atoms with E-state index in [-0.39, 0.29) is 6.61 Å². The fourth-order valence-corrected chi connectivity index (χ4v) is 0.718. The van der Waals surface area contributed by atoms with Crippen LogP contribution >= 0.6 is 15.9 Å². The Labute approximate surface area is 69.1 Å². The molecular formula is C7H10BrNO. The average Bonchev–Trinajstić information content (AvgIpc) is 1.89. The van der Waals surface area contributed by atoms with Crippen LogP contribution in [0.3, 0.4) is 0 Å². The first-order valence-electron chi connectivity index (χ1n) is 2.89. The van der Waals surface area contributed by atoms with E-state index in [1.54, 1.807) is 12.3 Å². The summed E-state index contributed by atoms with van der Waals surface area (Å²) in [5.74, 6) is 0. The molecule has 0 unspecified atom stereocenters. The standard InChI is InChI=1S/C7H10BrNO/c1-2-3-7(8)6-9-4-5-10/h2,4,6,10H,1,3,5H2/b7-6+,9-4?. The summed E-state index contributed by atoms with van der Waals surface area (Å²) in [5.41, 5.74) is 0. The SMILES string of the molecule is C=CC/C(Br)=C\N=CCO. The molecule has 0 aromatic carbocycles. The van der Waals surface area contributed by atoms with Gasteiger partial charge in [0.25, 0.3) is 0 Å². The van der Waals surface area contributed by atoms with Crippen LogP contribution in [0, 0.1) is 0 Å². The number of halogens is 1. The molecule has 0 aromatic rings. The van der Waals surface area contributed by atoms with Crippen LogP contribution in [0.25, 0.3) is 0 Å². The number of aliphatic imine (C=N–C) groups is 1. The van der Waals surface area contributed by atoms with Gasteiger partial charge in [-0.2, -0.15) is 0 Å². The molecule has 56 valence electrons. The quantitative estimate of drug-likeness (QED) is 0.550. The molecular weight excluding hydrogens is 194 g/mol. The van der Waals surface area contributed by atoms with Gasteiger partial charge in [-0.25, -0.2) is 0 Å². The van der Waals surface area contributed by atoms with Gasteiger partial charge in [-0.05, 0) is 6.42 Å². The maximum atomic E-state index is 8.30. The van der Waals surface area contributed by atoms with Crippen LogP contribution in [0.4, 0.5) is 0 Å². The number of rotatable bonds is 4. The van der Waals surface area contributed by atoms with E-state index in [2.05, 4.69) is 27.5 Å². The van der Waals surface area contributed by atoms with Crippen molar-refractivity contribution in [2.24, 2.45) is 4.99 Å². The van der Waals surface area contributed by atoms with Gasteiger partial charge < -0.3 is 5.11 Å². The molecule has 0 aliphatic heterocycles. The van der Waals surface area contributed by atoms with E-state index in [4.69, 9.17) is 5.11 Å². The molecule has 0 saturated carbocycles. The molecule has 0 saturated heterocycles. The van der Waals surface area contributed by atoms with Crippen LogP contribution in [0.1, 0.15) is 6.42 Å². The Bertz CT molecular complexity index is 152. The first-order valence-corrected chi connectivity index (χ1v) is 3.68. The van der Waals surface area contributed by atoms with Crippen molar-refractivity contribution in [3.05, 3.63) is 23.3 Å². The fraction of sp³-hybridized carbons (Fsp3) is 0.286. The highest BCUT2D eigenvalue weighted by molar-refractivity contribution is 9.11. The van der Waals surface area contributed by atoms with E-state index in [1.165, 1.54) is 6.21 Å². The van der Waals surface area contributed by atoms with Gasteiger partial charge in [0.15, 0.2) is 0 Å². The second kappa shape index (κ2) is 6.71. The Morgan fingerprint density at radius 1 is 1.70 bits per heavy atom. The minimum Gasteiger partial charge on any atom is -0.391 e. The first kappa shape index (κ1) is 9.59. The second-order valence-electron chi connectivity index (χ2n) is 1.58. The van der Waals surface area contributed by atoms with Crippen molar-refractivity contribution >= 4 is 22.1 Å². The number of aliphatic hydroxyl groups excluding tert-OH is 1. The molecule has 0 spiro atoms. The summed E-state index contributed by atoms with van der Waals surface area (Å²) in [6, 6.07) is 0. The number of hydrogen-bond acceptors (Lipinski definition) is 2. The zero-order valence-electron chi connectivity index (χ0n) is 5.63. The summed E-state index contributed by atoms with van der Waals surface area (Å²) < 4.78 is 0.951. The average molecular weight is 204 g/mol. The summed E-state index contributed by atoms with van der Waals surface area (Å²) in [6.45, 7) is 3.53. The maximum absolute atomic E-state index is 8.30. The van der Waals surface area contributed by atoms with Crippen LogP contribution in [0.15, 0.2) is 28.3 Å². The molecule has 0 radical (unpaired) electrons. The lowest BCUT2D eigenvalue weighted by Crippen LogP contribution is -1.78. The Balaban J connectivity index is 3.67. The molecule has 0 heterocycles. The molecule has 0 amide bonds. The maximum Gasteiger partial charge on any atom is 0.0783 e. The summed E-state index contributed by atoms with van der Waals surface area (Å²) in [7, 11) is 0. The molecule has 0 aliphatic carbocycles. The highest BCUT2D eigenvalue weighted by atomic mass is 79.9. The van der Waals surface area contributed by atoms with Crippen molar-refractivity contribution in [2.75, 3.05) is 6.61 Å². The van der Waals surface area contributed by atoms with Gasteiger partial charge in [0, 0.05) is 16.9 Å². The normalized spacial score (nSPS) is 12.4. The number of hydrogen-bond donors (Lipinski definition) is 1. The van der Waals surface area contributed by atoms with Crippen molar-refractivity contribution in [3.8, 4) is 0 Å². The van der Waals surface area contributed by atoms with Gasteiger partial charge >= 0.3 is 0 Å². The fourth-order valence-electron chi connectivity index (χ4n) is 0.371. The summed E-state index contributed by atoms with van der Waals surface area (Å²) in [4.78, 5) is 3.78. The molecule has 3 heteroatoms. The molecule has 0 atom stereocenters. The number of aliphatic hydroxyl groups is 1. The molecule has 0 rings (SSSR count). The third-order valence-corrected chi connectivity index (χ3v) is 1.27. The van der Waals surface area contributed by atoms with E-state index < -0.39 is 0 Å². The smallest absolute Gasteiger partial charge is 0.0783 e. The number of allylic oxidation sites excluding steroid dienone is 2. The lowest BCUT2D eigenvalue weighted by molar-refractivity contribution is 0.361. The van der Waals surface area contributed by atoms with Crippen molar-refractivity contribution in [3.63, 3.8) is 0 Å². The topological polar surface area (TPSA) is 32.6 Å². The lowest BCUT2D eigenvalue weighted by Gasteiger charge is -1.86. The lowest BCUT2D eigenvalue weighted by atomic mass is 10.4. The summed E-state index contributed by atoms with van der Waals surface area (Å²) in [5, 5.41) is 8.30. The zero-order valence-corrected chi connectivity index (χ0v) is 7.21. The molecule has 2 nitrogen and oxygen atoms in total. The van der Waals surface area contributed by atoms with Gasteiger partial charge in [-0.15, -0.1) is 6.58 Å². The molecule has 0 aromatic heterocycles. The van der Waals surface area contributed by atoms with E-state index >= 15 is 0 Å². The Hall–Kier alpha value is -0.410. The van der Waals surface area contributed by atoms with E-state index in [9.17, 15) is 0 Å². The van der Waals surface area contributed by atoms with E-state index in [0.29, 0.717) is 0 Å². The monoisotopic (exact) mass is 203 g/mol. The Morgan fingerprint density at radius 2 is 2.40 bits per heavy atom. The third kappa shape index (κ3) is 5.72. The van der Waals surface area contributed by atoms with Gasteiger partial charge in [-0.1, -0.05) is 22.0 Å². The predicted octanol–water partition coefficient (Wildman–Crippen LogP) is 1.86. The Kier molecular flexibility index (Phi) is 6.43. The molecule has 10 heavy (non-hydrogen) atoms. The summed E-state index contributed by atoms with van der Waals surface area (Å²) >= 11 is 3.26. The predicted molar refractivity (Wildman–Crippen MR) is 47.4 cm³/mol. The van der Waals surface area contributed by atoms with Gasteiger partial charge in [0.1, 0.15) is 0 Å². The molecule has 1 N–H and O–H groups in total. The largest absolute Gasteiger partial charge is 0.391 e. The highest BCUT2D eigenvalue weighted by Gasteiger charge is 1.82. The van der Waals surface area contributed by atoms with Crippen LogP contribution in [0.2, 0.25) is 0 Å². The highest BCUT2D eigenvalue weighted by Crippen LogP contribution is 2.09. The first-order chi connectivity index (χ1) is 4.81. The number of nitrogens with zero attached hydrogens (tertiary/aromatic N) is 1. The van der Waals surface area contributed by atoms with Crippen molar-refractivity contribution in [2.45, 2.75) is 6.42 Å². The van der Waals surface area contributed by atoms with Crippen molar-refractivity contribution < 1.29 is 5.11 Å². The molecule has 0 aliphatic rings. The van der Waals surface area contributed by atoms with Crippen molar-refractivity contribution in [1.29, 1.82) is 0 Å². The minimum absolute atomic E-state index is 0.0229. The van der Waals surface area contributed by atoms with Gasteiger partial charge in [0.2, 0.25) is 0 Å². The van der Waals surface area contributed by atoms with Crippen LogP contribution in [-0.2, 0) is 0 Å². The van der Waals surface area contributed by atoms with Gasteiger partial charge in [0.05, 0.1) is 6.61 Å². The zero-order chi connectivity index (χ0) is 7.82. The van der Waals surface area contributed by atoms with E-state index in [0.717, 1.165) is 10.9 Å². The molecule has 0 bridgehead atoms.